The van der Waals surface area contributed by atoms with Gasteiger partial charge >= 0.3 is 18.1 Å². The molecule has 0 bridgehead atoms. The van der Waals surface area contributed by atoms with E-state index in [1.807, 2.05) is 54.3 Å². The summed E-state index contributed by atoms with van der Waals surface area (Å²) in [5.41, 5.74) is 1.15. The van der Waals surface area contributed by atoms with Gasteiger partial charge in [0.25, 0.3) is 0 Å². The lowest BCUT2D eigenvalue weighted by molar-refractivity contribution is -0.192. The summed E-state index contributed by atoms with van der Waals surface area (Å²) in [5.74, 6) is -4.75. The molecule has 3 heterocycles. The standard InChI is InChI=1S/C27H26N4O4S.C2HF3O2/c1-3-27(25(34)35-2)22-21(23(32)30(24(22)33)15-18-7-5-4-6-8-18)20-14-29-26(31(20)27)36-16-19-11-9-17(13-28)10-12-19;3-2(4,5)1(6)7/h4-12,20-22H,3,14-16H2,1-2H3;(H,6,7)/t20-,21+,22-,27-;/m1./s1. The summed E-state index contributed by atoms with van der Waals surface area (Å²) < 4.78 is 37.0. The molecule has 5 rings (SSSR count). The second-order valence-electron chi connectivity index (χ2n) is 9.98. The maximum atomic E-state index is 13.8. The van der Waals surface area contributed by atoms with Crippen molar-refractivity contribution in [1.82, 2.24) is 9.80 Å². The fourth-order valence-corrected chi connectivity index (χ4v) is 6.89. The lowest BCUT2D eigenvalue weighted by Gasteiger charge is -2.39. The molecule has 0 saturated carbocycles. The number of esters is 1. The fraction of sp³-hybridized carbons (Fsp3) is 0.379. The molecule has 226 valence electrons. The maximum absolute atomic E-state index is 13.8. The predicted octanol–water partition coefficient (Wildman–Crippen LogP) is 3.60. The van der Waals surface area contributed by atoms with E-state index in [0.29, 0.717) is 29.4 Å². The van der Waals surface area contributed by atoms with Gasteiger partial charge in [0.05, 0.1) is 49.7 Å². The van der Waals surface area contributed by atoms with Crippen LogP contribution < -0.4 is 0 Å². The van der Waals surface area contributed by atoms with Crippen molar-refractivity contribution in [3.63, 3.8) is 0 Å². The first-order valence-electron chi connectivity index (χ1n) is 13.1. The van der Waals surface area contributed by atoms with Gasteiger partial charge in [-0.3, -0.25) is 19.5 Å². The molecule has 4 atom stereocenters. The summed E-state index contributed by atoms with van der Waals surface area (Å²) in [7, 11) is 1.32. The number of hydrogen-bond donors (Lipinski definition) is 1. The molecule has 0 aliphatic carbocycles. The molecule has 0 aromatic heterocycles. The average Bonchev–Trinajstić information content (AvgIpc) is 3.62. The molecule has 1 N–H and O–H groups in total. The molecule has 0 unspecified atom stereocenters. The van der Waals surface area contributed by atoms with Crippen molar-refractivity contribution < 1.29 is 42.2 Å². The highest BCUT2D eigenvalue weighted by Gasteiger charge is 2.73. The van der Waals surface area contributed by atoms with Gasteiger partial charge in [-0.2, -0.15) is 18.4 Å². The van der Waals surface area contributed by atoms with Crippen LogP contribution in [0.25, 0.3) is 0 Å². The molecule has 2 fully saturated rings. The second-order valence-corrected chi connectivity index (χ2v) is 10.9. The van der Waals surface area contributed by atoms with Crippen LogP contribution >= 0.6 is 11.8 Å². The van der Waals surface area contributed by atoms with E-state index in [0.717, 1.165) is 11.1 Å². The van der Waals surface area contributed by atoms with Crippen molar-refractivity contribution in [2.75, 3.05) is 13.7 Å². The van der Waals surface area contributed by atoms with E-state index in [9.17, 15) is 27.6 Å². The molecule has 0 spiro atoms. The van der Waals surface area contributed by atoms with Gasteiger partial charge in [-0.25, -0.2) is 9.59 Å². The Morgan fingerprint density at radius 1 is 1.12 bits per heavy atom. The second kappa shape index (κ2) is 12.5. The van der Waals surface area contributed by atoms with Crippen molar-refractivity contribution in [2.24, 2.45) is 16.8 Å². The van der Waals surface area contributed by atoms with Crippen molar-refractivity contribution in [2.45, 2.75) is 43.4 Å². The molecule has 2 saturated heterocycles. The number of carboxylic acid groups (broad SMARTS) is 1. The number of nitrogens with zero attached hydrogens (tertiary/aromatic N) is 4. The number of nitriles is 1. The van der Waals surface area contributed by atoms with Crippen LogP contribution in [0.3, 0.4) is 0 Å². The Morgan fingerprint density at radius 2 is 1.74 bits per heavy atom. The highest BCUT2D eigenvalue weighted by atomic mass is 32.2. The number of thioether (sulfide) groups is 1. The van der Waals surface area contributed by atoms with Crippen LogP contribution in [0.15, 0.2) is 59.6 Å². The van der Waals surface area contributed by atoms with E-state index in [4.69, 9.17) is 24.9 Å². The molecule has 3 aliphatic heterocycles. The first-order valence-corrected chi connectivity index (χ1v) is 14.1. The van der Waals surface area contributed by atoms with Gasteiger partial charge in [0.2, 0.25) is 11.8 Å². The van der Waals surface area contributed by atoms with Crippen LogP contribution in [0.2, 0.25) is 0 Å². The van der Waals surface area contributed by atoms with Gasteiger partial charge in [-0.1, -0.05) is 61.2 Å². The molecular weight excluding hydrogens is 589 g/mol. The molecule has 2 aromatic carbocycles. The largest absolute Gasteiger partial charge is 0.490 e. The zero-order valence-electron chi connectivity index (χ0n) is 23.1. The molecule has 0 radical (unpaired) electrons. The first kappa shape index (κ1) is 31.6. The normalized spacial score (nSPS) is 24.0. The third-order valence-corrected chi connectivity index (χ3v) is 8.77. The molecule has 14 heteroatoms. The van der Waals surface area contributed by atoms with Crippen molar-refractivity contribution >= 4 is 40.7 Å². The first-order chi connectivity index (χ1) is 20.4. The number of benzene rings is 2. The van der Waals surface area contributed by atoms with Crippen molar-refractivity contribution in [3.8, 4) is 6.07 Å². The zero-order valence-corrected chi connectivity index (χ0v) is 23.9. The van der Waals surface area contributed by atoms with Gasteiger partial charge in [-0.15, -0.1) is 0 Å². The molecule has 43 heavy (non-hydrogen) atoms. The van der Waals surface area contributed by atoms with Gasteiger partial charge in [0.1, 0.15) is 0 Å². The Hall–Kier alpha value is -4.38. The Labute approximate surface area is 249 Å². The Bertz CT molecular complexity index is 1480. The molecule has 10 nitrogen and oxygen atoms in total. The number of ether oxygens (including phenoxy) is 1. The van der Waals surface area contributed by atoms with Crippen LogP contribution in [-0.2, 0) is 36.2 Å². The lowest BCUT2D eigenvalue weighted by atomic mass is 9.78. The van der Waals surface area contributed by atoms with Crippen molar-refractivity contribution in [1.29, 1.82) is 5.26 Å². The number of carbonyl (C=O) groups excluding carboxylic acids is 3. The summed E-state index contributed by atoms with van der Waals surface area (Å²) in [6, 6.07) is 18.4. The SMILES string of the molecule is CC[C@]1(C(=O)OC)[C@H]2C(=O)N(Cc3ccccc3)C(=O)[C@H]2[C@H]2CN=C(SCc3ccc(C#N)cc3)N21.O=C(O)C(F)(F)F. The van der Waals surface area contributed by atoms with Gasteiger partial charge < -0.3 is 14.7 Å². The number of rotatable bonds is 6. The number of hydrogen-bond acceptors (Lipinski definition) is 9. The monoisotopic (exact) mass is 616 g/mol. The quantitative estimate of drug-likeness (QED) is 0.381. The molecule has 2 aromatic rings. The lowest BCUT2D eigenvalue weighted by Crippen LogP contribution is -2.59. The zero-order chi connectivity index (χ0) is 31.5. The summed E-state index contributed by atoms with van der Waals surface area (Å²) in [6.07, 6.45) is -4.77. The van der Waals surface area contributed by atoms with Gasteiger partial charge in [0, 0.05) is 5.75 Å². The number of fused-ring (bicyclic) bond motifs is 3. The summed E-state index contributed by atoms with van der Waals surface area (Å²) in [6.45, 7) is 2.38. The summed E-state index contributed by atoms with van der Waals surface area (Å²) in [5, 5.41) is 16.8. The van der Waals surface area contributed by atoms with Crippen LogP contribution in [0.5, 0.6) is 0 Å². The molecular formula is C29H27F3N4O6S. The third kappa shape index (κ3) is 5.81. The minimum absolute atomic E-state index is 0.181. The van der Waals surface area contributed by atoms with Crippen LogP contribution in [0.1, 0.15) is 30.0 Å². The number of amidine groups is 1. The average molecular weight is 617 g/mol. The van der Waals surface area contributed by atoms with E-state index < -0.39 is 35.5 Å². The number of carbonyl (C=O) groups is 4. The molecule has 3 aliphatic rings. The summed E-state index contributed by atoms with van der Waals surface area (Å²) in [4.78, 5) is 57.7. The number of carboxylic acids is 1. The number of likely N-dealkylation sites (tertiary alicyclic amines) is 1. The number of aliphatic imine (C=N–C) groups is 1. The van der Waals surface area contributed by atoms with Crippen LogP contribution in [0.4, 0.5) is 13.2 Å². The van der Waals surface area contributed by atoms with Gasteiger partial charge in [-0.05, 0) is 29.7 Å². The smallest absolute Gasteiger partial charge is 0.475 e. The van der Waals surface area contributed by atoms with Crippen molar-refractivity contribution in [3.05, 3.63) is 71.3 Å². The topological polar surface area (TPSA) is 140 Å². The van der Waals surface area contributed by atoms with E-state index in [1.54, 1.807) is 12.1 Å². The predicted molar refractivity (Wildman–Crippen MR) is 148 cm³/mol. The molecule has 2 amide bonds. The third-order valence-electron chi connectivity index (χ3n) is 7.71. The van der Waals surface area contributed by atoms with E-state index >= 15 is 0 Å². The number of aliphatic carboxylic acids is 1. The number of alkyl halides is 3. The number of methoxy groups -OCH3 is 1. The Morgan fingerprint density at radius 3 is 2.28 bits per heavy atom. The summed E-state index contributed by atoms with van der Waals surface area (Å²) >= 11 is 1.47. The minimum atomic E-state index is -5.08. The fourth-order valence-electron chi connectivity index (χ4n) is 5.80. The van der Waals surface area contributed by atoms with E-state index in [1.165, 1.54) is 23.8 Å². The van der Waals surface area contributed by atoms with Crippen LogP contribution in [-0.4, -0.2) is 75.2 Å². The van der Waals surface area contributed by atoms with Crippen LogP contribution in [0, 0.1) is 23.2 Å². The minimum Gasteiger partial charge on any atom is -0.475 e. The number of imide groups is 1. The Balaban J connectivity index is 0.000000541. The van der Waals surface area contributed by atoms with Gasteiger partial charge in [0.15, 0.2) is 10.7 Å². The van der Waals surface area contributed by atoms with E-state index in [-0.39, 0.29) is 24.4 Å². The Kier molecular flexibility index (Phi) is 9.15. The van der Waals surface area contributed by atoms with E-state index in [2.05, 4.69) is 6.07 Å². The maximum Gasteiger partial charge on any atom is 0.490 e. The number of halogens is 3. The number of amides is 2. The highest BCUT2D eigenvalue weighted by Crippen LogP contribution is 2.54. The highest BCUT2D eigenvalue weighted by molar-refractivity contribution is 8.13.